The zero-order valence-corrected chi connectivity index (χ0v) is 10.3. The van der Waals surface area contributed by atoms with Gasteiger partial charge in [-0.05, 0) is 32.0 Å². The van der Waals surface area contributed by atoms with Crippen LogP contribution in [-0.2, 0) is 4.74 Å². The summed E-state index contributed by atoms with van der Waals surface area (Å²) < 4.78 is 30.8. The van der Waals surface area contributed by atoms with Gasteiger partial charge in [-0.15, -0.1) is 0 Å². The summed E-state index contributed by atoms with van der Waals surface area (Å²) in [5.41, 5.74) is 5.70. The SMILES string of the molecule is COC(C)(C)CNc1ccc(N)cc1C(F)F. The average molecular weight is 244 g/mol. The predicted octanol–water partition coefficient (Wildman–Crippen LogP) is 3.04. The van der Waals surface area contributed by atoms with Crippen LogP contribution in [0.2, 0.25) is 0 Å². The molecule has 1 aromatic carbocycles. The number of benzene rings is 1. The van der Waals surface area contributed by atoms with Crippen molar-refractivity contribution in [2.24, 2.45) is 0 Å². The van der Waals surface area contributed by atoms with E-state index in [0.29, 0.717) is 17.9 Å². The molecule has 96 valence electrons. The van der Waals surface area contributed by atoms with Crippen LogP contribution in [0.25, 0.3) is 0 Å². The van der Waals surface area contributed by atoms with E-state index in [4.69, 9.17) is 10.5 Å². The molecule has 1 aromatic rings. The molecule has 0 atom stereocenters. The molecule has 0 amide bonds. The molecule has 0 unspecified atom stereocenters. The molecular formula is C12H18F2N2O. The Balaban J connectivity index is 2.84. The number of anilines is 2. The van der Waals surface area contributed by atoms with Crippen molar-refractivity contribution in [1.29, 1.82) is 0 Å². The number of methoxy groups -OCH3 is 1. The van der Waals surface area contributed by atoms with Crippen molar-refractivity contribution in [1.82, 2.24) is 0 Å². The Kier molecular flexibility index (Phi) is 4.28. The summed E-state index contributed by atoms with van der Waals surface area (Å²) >= 11 is 0. The third-order valence-electron chi connectivity index (χ3n) is 2.57. The Morgan fingerprint density at radius 2 is 2.06 bits per heavy atom. The molecule has 0 aliphatic carbocycles. The van der Waals surface area contributed by atoms with Gasteiger partial charge in [-0.2, -0.15) is 0 Å². The quantitative estimate of drug-likeness (QED) is 0.783. The fraction of sp³-hybridized carbons (Fsp3) is 0.500. The van der Waals surface area contributed by atoms with Gasteiger partial charge in [-0.1, -0.05) is 0 Å². The Morgan fingerprint density at radius 1 is 1.41 bits per heavy atom. The lowest BCUT2D eigenvalue weighted by molar-refractivity contribution is 0.0343. The first-order chi connectivity index (χ1) is 7.85. The van der Waals surface area contributed by atoms with Crippen LogP contribution in [0.5, 0.6) is 0 Å². The normalized spacial score (nSPS) is 11.9. The van der Waals surface area contributed by atoms with Crippen molar-refractivity contribution in [2.45, 2.75) is 25.9 Å². The molecule has 3 nitrogen and oxygen atoms in total. The molecule has 0 fully saturated rings. The molecule has 0 spiro atoms. The smallest absolute Gasteiger partial charge is 0.265 e. The second-order valence-corrected chi connectivity index (χ2v) is 4.46. The van der Waals surface area contributed by atoms with Crippen molar-refractivity contribution in [3.05, 3.63) is 23.8 Å². The van der Waals surface area contributed by atoms with Crippen molar-refractivity contribution in [3.63, 3.8) is 0 Å². The zero-order valence-electron chi connectivity index (χ0n) is 10.3. The average Bonchev–Trinajstić information content (AvgIpc) is 2.27. The summed E-state index contributed by atoms with van der Waals surface area (Å²) in [6.07, 6.45) is -2.55. The number of ether oxygens (including phenoxy) is 1. The van der Waals surface area contributed by atoms with Gasteiger partial charge in [0.1, 0.15) is 0 Å². The van der Waals surface area contributed by atoms with Gasteiger partial charge < -0.3 is 15.8 Å². The summed E-state index contributed by atoms with van der Waals surface area (Å²) in [6.45, 7) is 4.19. The van der Waals surface area contributed by atoms with E-state index >= 15 is 0 Å². The topological polar surface area (TPSA) is 47.3 Å². The number of nitrogens with one attached hydrogen (secondary N) is 1. The predicted molar refractivity (Wildman–Crippen MR) is 65.4 cm³/mol. The molecular weight excluding hydrogens is 226 g/mol. The largest absolute Gasteiger partial charge is 0.399 e. The maximum absolute atomic E-state index is 12.8. The number of rotatable bonds is 5. The van der Waals surface area contributed by atoms with E-state index in [1.54, 1.807) is 19.2 Å². The lowest BCUT2D eigenvalue weighted by Gasteiger charge is -2.24. The van der Waals surface area contributed by atoms with Gasteiger partial charge in [0, 0.05) is 30.6 Å². The molecule has 5 heteroatoms. The summed E-state index contributed by atoms with van der Waals surface area (Å²) in [5.74, 6) is 0. The monoisotopic (exact) mass is 244 g/mol. The Morgan fingerprint density at radius 3 is 2.59 bits per heavy atom. The lowest BCUT2D eigenvalue weighted by Crippen LogP contribution is -2.32. The van der Waals surface area contributed by atoms with Crippen molar-refractivity contribution in [3.8, 4) is 0 Å². The molecule has 1 rings (SSSR count). The van der Waals surface area contributed by atoms with E-state index < -0.39 is 12.0 Å². The van der Waals surface area contributed by atoms with E-state index in [0.717, 1.165) is 0 Å². The molecule has 0 saturated heterocycles. The van der Waals surface area contributed by atoms with E-state index in [-0.39, 0.29) is 5.56 Å². The first-order valence-corrected chi connectivity index (χ1v) is 5.32. The summed E-state index contributed by atoms with van der Waals surface area (Å²) in [7, 11) is 1.58. The first kappa shape index (κ1) is 13.7. The van der Waals surface area contributed by atoms with Gasteiger partial charge in [0.25, 0.3) is 6.43 Å². The molecule has 17 heavy (non-hydrogen) atoms. The standard InChI is InChI=1S/C12H18F2N2O/c1-12(2,17-3)7-16-10-5-4-8(15)6-9(10)11(13)14/h4-6,11,16H,7,15H2,1-3H3. The first-order valence-electron chi connectivity index (χ1n) is 5.32. The molecule has 0 aliphatic rings. The van der Waals surface area contributed by atoms with Crippen LogP contribution in [0.1, 0.15) is 25.8 Å². The van der Waals surface area contributed by atoms with Gasteiger partial charge in [-0.25, -0.2) is 8.78 Å². The fourth-order valence-electron chi connectivity index (χ4n) is 1.30. The van der Waals surface area contributed by atoms with Crippen molar-refractivity contribution < 1.29 is 13.5 Å². The van der Waals surface area contributed by atoms with Crippen LogP contribution in [0.3, 0.4) is 0 Å². The van der Waals surface area contributed by atoms with Crippen LogP contribution in [0.15, 0.2) is 18.2 Å². The number of halogens is 2. The van der Waals surface area contributed by atoms with Crippen LogP contribution in [0, 0.1) is 0 Å². The summed E-state index contributed by atoms with van der Waals surface area (Å²) in [6, 6.07) is 4.43. The van der Waals surface area contributed by atoms with Crippen LogP contribution >= 0.6 is 0 Å². The van der Waals surface area contributed by atoms with Crippen LogP contribution < -0.4 is 11.1 Å². The maximum atomic E-state index is 12.8. The Bertz CT molecular complexity index is 381. The highest BCUT2D eigenvalue weighted by Gasteiger charge is 2.18. The zero-order chi connectivity index (χ0) is 13.1. The summed E-state index contributed by atoms with van der Waals surface area (Å²) in [5, 5.41) is 2.95. The highest BCUT2D eigenvalue weighted by Crippen LogP contribution is 2.29. The number of alkyl halides is 2. The van der Waals surface area contributed by atoms with E-state index in [2.05, 4.69) is 5.32 Å². The third-order valence-corrected chi connectivity index (χ3v) is 2.57. The minimum atomic E-state index is -2.55. The van der Waals surface area contributed by atoms with E-state index in [1.165, 1.54) is 6.07 Å². The fourth-order valence-corrected chi connectivity index (χ4v) is 1.30. The van der Waals surface area contributed by atoms with Gasteiger partial charge in [0.05, 0.1) is 5.60 Å². The molecule has 0 saturated carbocycles. The number of nitrogens with two attached hydrogens (primary N) is 1. The lowest BCUT2D eigenvalue weighted by atomic mass is 10.1. The van der Waals surface area contributed by atoms with Crippen molar-refractivity contribution in [2.75, 3.05) is 24.7 Å². The minimum absolute atomic E-state index is 0.0862. The van der Waals surface area contributed by atoms with Crippen LogP contribution in [0.4, 0.5) is 20.2 Å². The molecule has 0 heterocycles. The maximum Gasteiger partial charge on any atom is 0.265 e. The number of nitrogen functional groups attached to an aromatic ring is 1. The van der Waals surface area contributed by atoms with E-state index in [9.17, 15) is 8.78 Å². The second-order valence-electron chi connectivity index (χ2n) is 4.46. The Labute approximate surface area is 100.0 Å². The van der Waals surface area contributed by atoms with Gasteiger partial charge >= 0.3 is 0 Å². The summed E-state index contributed by atoms with van der Waals surface area (Å²) in [4.78, 5) is 0. The third kappa shape index (κ3) is 3.85. The van der Waals surface area contributed by atoms with Gasteiger partial charge in [0.15, 0.2) is 0 Å². The van der Waals surface area contributed by atoms with Crippen LogP contribution in [-0.4, -0.2) is 19.3 Å². The highest BCUT2D eigenvalue weighted by atomic mass is 19.3. The molecule has 0 aliphatic heterocycles. The van der Waals surface area contributed by atoms with Crippen molar-refractivity contribution >= 4 is 11.4 Å². The molecule has 0 radical (unpaired) electrons. The highest BCUT2D eigenvalue weighted by molar-refractivity contribution is 5.58. The molecule has 3 N–H and O–H groups in total. The Hall–Kier alpha value is -1.36. The second kappa shape index (κ2) is 5.31. The molecule has 0 aromatic heterocycles. The molecule has 0 bridgehead atoms. The van der Waals surface area contributed by atoms with Gasteiger partial charge in [0.2, 0.25) is 0 Å². The minimum Gasteiger partial charge on any atom is -0.399 e. The van der Waals surface area contributed by atoms with Gasteiger partial charge in [-0.3, -0.25) is 0 Å². The number of hydrogen-bond acceptors (Lipinski definition) is 3. The van der Waals surface area contributed by atoms with E-state index in [1.807, 2.05) is 13.8 Å². The number of hydrogen-bond donors (Lipinski definition) is 2.